The van der Waals surface area contributed by atoms with Crippen LogP contribution in [0.2, 0.25) is 0 Å². The van der Waals surface area contributed by atoms with Crippen molar-refractivity contribution in [2.75, 3.05) is 6.54 Å². The zero-order valence-electron chi connectivity index (χ0n) is 9.33. The molecule has 1 N–H and O–H groups in total. The predicted octanol–water partition coefficient (Wildman–Crippen LogP) is 1.54. The van der Waals surface area contributed by atoms with Gasteiger partial charge in [0, 0.05) is 24.5 Å². The van der Waals surface area contributed by atoms with Gasteiger partial charge in [-0.3, -0.25) is 9.59 Å². The van der Waals surface area contributed by atoms with E-state index in [0.717, 1.165) is 17.2 Å². The molecule has 0 radical (unpaired) electrons. The lowest BCUT2D eigenvalue weighted by molar-refractivity contribution is -0.141. The van der Waals surface area contributed by atoms with Gasteiger partial charge in [0.25, 0.3) is 5.91 Å². The van der Waals surface area contributed by atoms with Crippen molar-refractivity contribution in [3.05, 3.63) is 34.2 Å². The van der Waals surface area contributed by atoms with E-state index >= 15 is 0 Å². The number of amides is 1. The summed E-state index contributed by atoms with van der Waals surface area (Å²) in [6.07, 6.45) is -0.903. The summed E-state index contributed by atoms with van der Waals surface area (Å²) in [7, 11) is 0. The standard InChI is InChI=1S/C11H11F3N2O2/c12-11(13,14)6-16(7-1-2-7)10(18)8-5-15-4-3-9(8)17/h3-5,7H,1-2,6H2,(H,15,17). The van der Waals surface area contributed by atoms with Gasteiger partial charge in [-0.05, 0) is 12.8 Å². The first-order chi connectivity index (χ1) is 8.38. The molecule has 1 heterocycles. The second-order valence-corrected chi connectivity index (χ2v) is 4.20. The molecule has 0 atom stereocenters. The first kappa shape index (κ1) is 12.7. The Morgan fingerprint density at radius 3 is 2.61 bits per heavy atom. The average Bonchev–Trinajstić information content (AvgIpc) is 3.08. The molecular weight excluding hydrogens is 249 g/mol. The molecule has 0 aromatic carbocycles. The van der Waals surface area contributed by atoms with Crippen molar-refractivity contribution in [1.82, 2.24) is 9.88 Å². The number of nitrogens with one attached hydrogen (secondary N) is 1. The number of hydrogen-bond acceptors (Lipinski definition) is 2. The summed E-state index contributed by atoms with van der Waals surface area (Å²) in [5.74, 6) is -0.864. The van der Waals surface area contributed by atoms with E-state index in [0.29, 0.717) is 12.8 Å². The van der Waals surface area contributed by atoms with E-state index in [1.54, 1.807) is 0 Å². The fraction of sp³-hybridized carbons (Fsp3) is 0.455. The summed E-state index contributed by atoms with van der Waals surface area (Å²) in [6.45, 7) is -1.31. The van der Waals surface area contributed by atoms with Crippen molar-refractivity contribution in [3.8, 4) is 0 Å². The van der Waals surface area contributed by atoms with Crippen LogP contribution in [0.25, 0.3) is 0 Å². The first-order valence-corrected chi connectivity index (χ1v) is 5.43. The lowest BCUT2D eigenvalue weighted by Crippen LogP contribution is -2.42. The van der Waals surface area contributed by atoms with Gasteiger partial charge in [-0.25, -0.2) is 0 Å². The van der Waals surface area contributed by atoms with E-state index in [1.807, 2.05) is 0 Å². The van der Waals surface area contributed by atoms with Crippen molar-refractivity contribution >= 4 is 5.91 Å². The number of nitrogens with zero attached hydrogens (tertiary/aromatic N) is 1. The summed E-state index contributed by atoms with van der Waals surface area (Å²) in [5.41, 5.74) is -0.833. The van der Waals surface area contributed by atoms with Gasteiger partial charge in [0.1, 0.15) is 12.1 Å². The average molecular weight is 260 g/mol. The number of aromatic nitrogens is 1. The van der Waals surface area contributed by atoms with Crippen LogP contribution in [-0.4, -0.2) is 34.6 Å². The van der Waals surface area contributed by atoms with Crippen LogP contribution in [0.5, 0.6) is 0 Å². The van der Waals surface area contributed by atoms with Gasteiger partial charge in [0.15, 0.2) is 5.43 Å². The van der Waals surface area contributed by atoms with E-state index in [4.69, 9.17) is 0 Å². The van der Waals surface area contributed by atoms with Crippen LogP contribution in [0.1, 0.15) is 23.2 Å². The highest BCUT2D eigenvalue weighted by Crippen LogP contribution is 2.30. The minimum atomic E-state index is -4.46. The third-order valence-corrected chi connectivity index (χ3v) is 2.65. The van der Waals surface area contributed by atoms with Crippen LogP contribution in [0.4, 0.5) is 13.2 Å². The van der Waals surface area contributed by atoms with Crippen molar-refractivity contribution in [3.63, 3.8) is 0 Å². The smallest absolute Gasteiger partial charge is 0.367 e. The molecule has 1 aromatic rings. The van der Waals surface area contributed by atoms with E-state index < -0.39 is 30.1 Å². The highest BCUT2D eigenvalue weighted by Gasteiger charge is 2.41. The van der Waals surface area contributed by atoms with Crippen LogP contribution < -0.4 is 5.43 Å². The molecular formula is C11H11F3N2O2. The van der Waals surface area contributed by atoms with Gasteiger partial charge in [0.05, 0.1) is 0 Å². The molecule has 0 bridgehead atoms. The van der Waals surface area contributed by atoms with E-state index in [1.165, 1.54) is 6.20 Å². The highest BCUT2D eigenvalue weighted by molar-refractivity contribution is 5.94. The largest absolute Gasteiger partial charge is 0.406 e. The Kier molecular flexibility index (Phi) is 3.14. The molecule has 0 spiro atoms. The fourth-order valence-electron chi connectivity index (χ4n) is 1.68. The van der Waals surface area contributed by atoms with Crippen LogP contribution in [-0.2, 0) is 0 Å². The first-order valence-electron chi connectivity index (χ1n) is 5.43. The monoisotopic (exact) mass is 260 g/mol. The van der Waals surface area contributed by atoms with Crippen LogP contribution in [0, 0.1) is 0 Å². The highest BCUT2D eigenvalue weighted by atomic mass is 19.4. The molecule has 7 heteroatoms. The Morgan fingerprint density at radius 1 is 1.44 bits per heavy atom. The Labute approximate surface area is 100 Å². The second kappa shape index (κ2) is 4.47. The van der Waals surface area contributed by atoms with Crippen LogP contribution >= 0.6 is 0 Å². The molecule has 1 fully saturated rings. The summed E-state index contributed by atoms with van der Waals surface area (Å²) < 4.78 is 37.2. The number of alkyl halides is 3. The molecule has 1 aliphatic rings. The maximum atomic E-state index is 12.4. The van der Waals surface area contributed by atoms with Gasteiger partial charge in [-0.1, -0.05) is 0 Å². The SMILES string of the molecule is O=C(c1c[nH]ccc1=O)N(CC(F)(F)F)C1CC1. The molecule has 0 saturated heterocycles. The molecule has 0 aliphatic heterocycles. The number of rotatable bonds is 3. The molecule has 18 heavy (non-hydrogen) atoms. The lowest BCUT2D eigenvalue weighted by atomic mass is 10.2. The zero-order valence-corrected chi connectivity index (χ0v) is 9.33. The number of H-pyrrole nitrogens is 1. The van der Waals surface area contributed by atoms with E-state index in [-0.39, 0.29) is 5.56 Å². The molecule has 98 valence electrons. The molecule has 4 nitrogen and oxygen atoms in total. The Balaban J connectivity index is 2.24. The molecule has 2 rings (SSSR count). The molecule has 1 amide bonds. The van der Waals surface area contributed by atoms with Gasteiger partial charge in [-0.15, -0.1) is 0 Å². The molecule has 1 saturated carbocycles. The van der Waals surface area contributed by atoms with Gasteiger partial charge < -0.3 is 9.88 Å². The molecule has 1 aliphatic carbocycles. The quantitative estimate of drug-likeness (QED) is 0.896. The van der Waals surface area contributed by atoms with Crippen LogP contribution in [0.15, 0.2) is 23.3 Å². The fourth-order valence-corrected chi connectivity index (χ4v) is 1.68. The van der Waals surface area contributed by atoms with Gasteiger partial charge in [0.2, 0.25) is 0 Å². The van der Waals surface area contributed by atoms with Crippen LogP contribution in [0.3, 0.4) is 0 Å². The maximum absolute atomic E-state index is 12.4. The molecule has 1 aromatic heterocycles. The van der Waals surface area contributed by atoms with Crippen molar-refractivity contribution in [1.29, 1.82) is 0 Å². The summed E-state index contributed by atoms with van der Waals surface area (Å²) >= 11 is 0. The normalized spacial score (nSPS) is 15.5. The number of hydrogen-bond donors (Lipinski definition) is 1. The minimum absolute atomic E-state index is 0.256. The number of carbonyl (C=O) groups excluding carboxylic acids is 1. The Morgan fingerprint density at radius 2 is 2.11 bits per heavy atom. The third-order valence-electron chi connectivity index (χ3n) is 2.65. The number of pyridine rings is 1. The minimum Gasteiger partial charge on any atom is -0.367 e. The van der Waals surface area contributed by atoms with Gasteiger partial charge >= 0.3 is 6.18 Å². The third kappa shape index (κ3) is 2.91. The number of carbonyl (C=O) groups is 1. The number of aromatic amines is 1. The van der Waals surface area contributed by atoms with Crippen molar-refractivity contribution < 1.29 is 18.0 Å². The predicted molar refractivity (Wildman–Crippen MR) is 57.2 cm³/mol. The lowest BCUT2D eigenvalue weighted by Gasteiger charge is -2.23. The Bertz CT molecular complexity index is 506. The summed E-state index contributed by atoms with van der Waals surface area (Å²) in [4.78, 5) is 26.6. The van der Waals surface area contributed by atoms with Crippen molar-refractivity contribution in [2.24, 2.45) is 0 Å². The zero-order chi connectivity index (χ0) is 13.3. The second-order valence-electron chi connectivity index (χ2n) is 4.20. The topological polar surface area (TPSA) is 53.2 Å². The summed E-state index contributed by atoms with van der Waals surface area (Å²) in [5, 5.41) is 0. The maximum Gasteiger partial charge on any atom is 0.406 e. The van der Waals surface area contributed by atoms with Crippen molar-refractivity contribution in [2.45, 2.75) is 25.1 Å². The van der Waals surface area contributed by atoms with Gasteiger partial charge in [-0.2, -0.15) is 13.2 Å². The Hall–Kier alpha value is -1.79. The van der Waals surface area contributed by atoms with E-state index in [2.05, 4.69) is 4.98 Å². The van der Waals surface area contributed by atoms with E-state index in [9.17, 15) is 22.8 Å². The summed E-state index contributed by atoms with van der Waals surface area (Å²) in [6, 6.07) is 0.713. The number of halogens is 3. The molecule has 0 unspecified atom stereocenters.